The van der Waals surface area contributed by atoms with Gasteiger partial charge in [0.05, 0.1) is 0 Å². The summed E-state index contributed by atoms with van der Waals surface area (Å²) in [4.78, 5) is 0. The topological polar surface area (TPSA) is 24.1 Å². The van der Waals surface area contributed by atoms with E-state index in [4.69, 9.17) is 0 Å². The molecular formula is C7H13FN2. The van der Waals surface area contributed by atoms with Gasteiger partial charge in [-0.2, -0.15) is 0 Å². The second-order valence-corrected chi connectivity index (χ2v) is 3.28. The van der Waals surface area contributed by atoms with Crippen molar-refractivity contribution >= 4 is 0 Å². The van der Waals surface area contributed by atoms with E-state index in [0.29, 0.717) is 0 Å². The lowest BCUT2D eigenvalue weighted by atomic mass is 9.85. The van der Waals surface area contributed by atoms with Crippen LogP contribution < -0.4 is 10.6 Å². The molecule has 58 valence electrons. The number of hydrogen-bond acceptors (Lipinski definition) is 2. The number of nitrogens with one attached hydrogen (secondary N) is 2. The molecule has 0 saturated carbocycles. The number of fused-ring (bicyclic) bond motifs is 2. The smallest absolute Gasteiger partial charge is 0.111 e. The van der Waals surface area contributed by atoms with Crippen LogP contribution >= 0.6 is 0 Å². The molecule has 3 heteroatoms. The molecule has 0 atom stereocenters. The lowest BCUT2D eigenvalue weighted by Crippen LogP contribution is -2.56. The molecule has 2 bridgehead atoms. The molecule has 0 aliphatic carbocycles. The van der Waals surface area contributed by atoms with Crippen molar-refractivity contribution in [2.24, 2.45) is 11.8 Å². The predicted molar refractivity (Wildman–Crippen MR) is 37.6 cm³/mol. The van der Waals surface area contributed by atoms with E-state index in [9.17, 15) is 4.39 Å². The van der Waals surface area contributed by atoms with Crippen LogP contribution in [-0.2, 0) is 0 Å². The van der Waals surface area contributed by atoms with E-state index in [2.05, 4.69) is 10.6 Å². The Balaban J connectivity index is 2.05. The molecule has 0 unspecified atom stereocenters. The lowest BCUT2D eigenvalue weighted by Gasteiger charge is -2.38. The zero-order chi connectivity index (χ0) is 6.97. The third kappa shape index (κ3) is 0.935. The van der Waals surface area contributed by atoms with E-state index < -0.39 is 6.17 Å². The van der Waals surface area contributed by atoms with Gasteiger partial charge in [-0.1, -0.05) is 0 Å². The Morgan fingerprint density at radius 2 is 1.30 bits per heavy atom. The highest BCUT2D eigenvalue weighted by molar-refractivity contribution is 4.90. The first kappa shape index (κ1) is 6.55. The summed E-state index contributed by atoms with van der Waals surface area (Å²) in [6.07, 6.45) is -0.553. The van der Waals surface area contributed by atoms with Gasteiger partial charge in [0.2, 0.25) is 0 Å². The van der Waals surface area contributed by atoms with Gasteiger partial charge in [0.25, 0.3) is 0 Å². The highest BCUT2D eigenvalue weighted by Gasteiger charge is 2.35. The van der Waals surface area contributed by atoms with Crippen molar-refractivity contribution in [1.82, 2.24) is 10.6 Å². The van der Waals surface area contributed by atoms with Crippen LogP contribution in [0.3, 0.4) is 0 Å². The zero-order valence-corrected chi connectivity index (χ0v) is 5.94. The molecule has 0 amide bonds. The van der Waals surface area contributed by atoms with E-state index >= 15 is 0 Å². The van der Waals surface area contributed by atoms with Gasteiger partial charge in [-0.25, -0.2) is 4.39 Å². The summed E-state index contributed by atoms with van der Waals surface area (Å²) in [7, 11) is 0. The molecule has 2 aliphatic rings. The summed E-state index contributed by atoms with van der Waals surface area (Å²) in [6.45, 7) is 3.41. The number of alkyl halides is 1. The number of hydrogen-bond donors (Lipinski definition) is 2. The highest BCUT2D eigenvalue weighted by atomic mass is 19.1. The van der Waals surface area contributed by atoms with Crippen molar-refractivity contribution in [2.45, 2.75) is 6.17 Å². The number of piperidine rings is 2. The summed E-state index contributed by atoms with van der Waals surface area (Å²) < 4.78 is 13.2. The van der Waals surface area contributed by atoms with E-state index in [1.165, 1.54) is 0 Å². The predicted octanol–water partition coefficient (Wildman–Crippen LogP) is -0.237. The van der Waals surface area contributed by atoms with Crippen molar-refractivity contribution in [2.75, 3.05) is 26.2 Å². The molecule has 2 fully saturated rings. The van der Waals surface area contributed by atoms with E-state index in [0.717, 1.165) is 26.2 Å². The normalized spacial score (nSPS) is 47.1. The van der Waals surface area contributed by atoms with Crippen LogP contribution in [0, 0.1) is 11.8 Å². The Labute approximate surface area is 60.2 Å². The quantitative estimate of drug-likeness (QED) is 0.490. The SMILES string of the molecule is FC1C2CNCC1CNC2. The van der Waals surface area contributed by atoms with Gasteiger partial charge in [0, 0.05) is 38.0 Å². The maximum Gasteiger partial charge on any atom is 0.111 e. The molecule has 0 spiro atoms. The van der Waals surface area contributed by atoms with E-state index in [-0.39, 0.29) is 11.8 Å². The molecule has 0 aromatic carbocycles. The maximum atomic E-state index is 13.2. The lowest BCUT2D eigenvalue weighted by molar-refractivity contribution is 0.0803. The third-order valence-electron chi connectivity index (χ3n) is 2.53. The number of rotatable bonds is 0. The molecule has 0 aromatic heterocycles. The molecule has 2 aliphatic heterocycles. The molecule has 2 saturated heterocycles. The van der Waals surface area contributed by atoms with Crippen LogP contribution in [0.15, 0.2) is 0 Å². The Kier molecular flexibility index (Phi) is 1.62. The molecule has 0 aromatic rings. The number of halogens is 1. The molecule has 2 nitrogen and oxygen atoms in total. The summed E-state index contributed by atoms with van der Waals surface area (Å²) in [5.74, 6) is 0.458. The Hall–Kier alpha value is -0.150. The van der Waals surface area contributed by atoms with Gasteiger partial charge >= 0.3 is 0 Å². The highest BCUT2D eigenvalue weighted by Crippen LogP contribution is 2.23. The first-order valence-electron chi connectivity index (χ1n) is 3.93. The average molecular weight is 144 g/mol. The van der Waals surface area contributed by atoms with E-state index in [1.807, 2.05) is 0 Å². The van der Waals surface area contributed by atoms with Crippen molar-refractivity contribution in [3.8, 4) is 0 Å². The zero-order valence-electron chi connectivity index (χ0n) is 5.94. The van der Waals surface area contributed by atoms with Crippen LogP contribution in [0.5, 0.6) is 0 Å². The maximum absolute atomic E-state index is 13.2. The summed E-state index contributed by atoms with van der Waals surface area (Å²) >= 11 is 0. The minimum Gasteiger partial charge on any atom is -0.316 e. The van der Waals surface area contributed by atoms with Gasteiger partial charge in [-0.15, -0.1) is 0 Å². The Morgan fingerprint density at radius 3 is 1.60 bits per heavy atom. The van der Waals surface area contributed by atoms with Crippen LogP contribution in [0.2, 0.25) is 0 Å². The van der Waals surface area contributed by atoms with Crippen LogP contribution in [0.4, 0.5) is 4.39 Å². The van der Waals surface area contributed by atoms with Gasteiger partial charge in [-0.05, 0) is 0 Å². The van der Waals surface area contributed by atoms with Gasteiger partial charge in [0.1, 0.15) is 6.17 Å². The van der Waals surface area contributed by atoms with Crippen molar-refractivity contribution in [1.29, 1.82) is 0 Å². The van der Waals surface area contributed by atoms with Crippen molar-refractivity contribution in [3.63, 3.8) is 0 Å². The molecule has 10 heavy (non-hydrogen) atoms. The Morgan fingerprint density at radius 1 is 0.900 bits per heavy atom. The van der Waals surface area contributed by atoms with Crippen molar-refractivity contribution < 1.29 is 4.39 Å². The molecule has 2 heterocycles. The Bertz CT molecular complexity index is 107. The largest absolute Gasteiger partial charge is 0.316 e. The van der Waals surface area contributed by atoms with Crippen LogP contribution in [0.25, 0.3) is 0 Å². The summed E-state index contributed by atoms with van der Waals surface area (Å²) in [5.41, 5.74) is 0. The van der Waals surface area contributed by atoms with Gasteiger partial charge in [0.15, 0.2) is 0 Å². The van der Waals surface area contributed by atoms with Gasteiger partial charge < -0.3 is 10.6 Å². The fourth-order valence-corrected chi connectivity index (χ4v) is 1.89. The second kappa shape index (κ2) is 2.47. The fourth-order valence-electron chi connectivity index (χ4n) is 1.89. The molecule has 2 N–H and O–H groups in total. The second-order valence-electron chi connectivity index (χ2n) is 3.28. The third-order valence-corrected chi connectivity index (χ3v) is 2.53. The summed E-state index contributed by atoms with van der Waals surface area (Å²) in [5, 5.41) is 6.47. The first-order valence-corrected chi connectivity index (χ1v) is 3.93. The average Bonchev–Trinajstić information content (AvgIpc) is 1.86. The molecular weight excluding hydrogens is 131 g/mol. The molecule has 2 rings (SSSR count). The minimum atomic E-state index is -0.553. The monoisotopic (exact) mass is 144 g/mol. The van der Waals surface area contributed by atoms with Crippen molar-refractivity contribution in [3.05, 3.63) is 0 Å². The molecule has 0 radical (unpaired) electrons. The summed E-state index contributed by atoms with van der Waals surface area (Å²) in [6, 6.07) is 0. The van der Waals surface area contributed by atoms with E-state index in [1.54, 1.807) is 0 Å². The fraction of sp³-hybridized carbons (Fsp3) is 1.00. The standard InChI is InChI=1S/C7H13FN2/c8-7-5-1-9-3-6(7)4-10-2-5/h5-7,9-10H,1-4H2. The van der Waals surface area contributed by atoms with Crippen LogP contribution in [0.1, 0.15) is 0 Å². The van der Waals surface area contributed by atoms with Gasteiger partial charge in [-0.3, -0.25) is 0 Å². The minimum absolute atomic E-state index is 0.229. The first-order chi connectivity index (χ1) is 4.88. The van der Waals surface area contributed by atoms with Crippen LogP contribution in [-0.4, -0.2) is 32.4 Å².